The lowest BCUT2D eigenvalue weighted by atomic mass is 10.1. The minimum Gasteiger partial charge on any atom is -0.489 e. The molecule has 1 aliphatic rings. The first-order valence-electron chi connectivity index (χ1n) is 10.7. The van der Waals surface area contributed by atoms with E-state index >= 15 is 0 Å². The second-order valence-electron chi connectivity index (χ2n) is 7.79. The van der Waals surface area contributed by atoms with Crippen LogP contribution in [0.1, 0.15) is 27.0 Å². The summed E-state index contributed by atoms with van der Waals surface area (Å²) in [5.74, 6) is 3.06. The Labute approximate surface area is 188 Å². The first-order chi connectivity index (χ1) is 15.2. The number of rotatable bonds is 7. The molecule has 0 aromatic heterocycles. The van der Waals surface area contributed by atoms with Gasteiger partial charge in [-0.25, -0.2) is 0 Å². The first-order valence-corrected chi connectivity index (χ1v) is 11.8. The van der Waals surface area contributed by atoms with Crippen molar-refractivity contribution in [2.45, 2.75) is 20.1 Å². The number of amides is 1. The van der Waals surface area contributed by atoms with Gasteiger partial charge in [0.1, 0.15) is 12.4 Å². The molecule has 0 aliphatic carbocycles. The third-order valence-electron chi connectivity index (χ3n) is 5.41. The third-order valence-corrected chi connectivity index (χ3v) is 6.36. The van der Waals surface area contributed by atoms with Crippen molar-refractivity contribution in [2.24, 2.45) is 0 Å². The lowest BCUT2D eigenvalue weighted by Gasteiger charge is -2.26. The van der Waals surface area contributed by atoms with E-state index in [2.05, 4.69) is 22.3 Å². The largest absolute Gasteiger partial charge is 0.489 e. The molecule has 0 unspecified atom stereocenters. The Morgan fingerprint density at radius 3 is 2.42 bits per heavy atom. The Morgan fingerprint density at radius 2 is 1.71 bits per heavy atom. The van der Waals surface area contributed by atoms with Gasteiger partial charge in [0, 0.05) is 42.4 Å². The van der Waals surface area contributed by atoms with Gasteiger partial charge in [0.15, 0.2) is 0 Å². The van der Waals surface area contributed by atoms with E-state index in [1.54, 1.807) is 12.1 Å². The molecule has 1 aliphatic heterocycles. The minimum atomic E-state index is -0.112. The van der Waals surface area contributed by atoms with Crippen molar-refractivity contribution in [1.82, 2.24) is 4.90 Å². The van der Waals surface area contributed by atoms with E-state index in [1.807, 2.05) is 67.2 Å². The average Bonchev–Trinajstić information content (AvgIpc) is 2.81. The molecule has 5 heteroatoms. The summed E-state index contributed by atoms with van der Waals surface area (Å²) in [5, 5.41) is 3.04. The molecule has 4 rings (SSSR count). The number of carbonyl (C=O) groups is 1. The molecule has 4 nitrogen and oxygen atoms in total. The molecule has 0 saturated carbocycles. The quantitative estimate of drug-likeness (QED) is 0.545. The zero-order chi connectivity index (χ0) is 21.5. The predicted octanol–water partition coefficient (Wildman–Crippen LogP) is 5.38. The van der Waals surface area contributed by atoms with Crippen molar-refractivity contribution < 1.29 is 9.53 Å². The zero-order valence-electron chi connectivity index (χ0n) is 17.8. The smallest absolute Gasteiger partial charge is 0.255 e. The van der Waals surface area contributed by atoms with Crippen molar-refractivity contribution >= 4 is 23.4 Å². The summed E-state index contributed by atoms with van der Waals surface area (Å²) >= 11 is 2.02. The molecule has 1 saturated heterocycles. The van der Waals surface area contributed by atoms with Crippen LogP contribution in [0.25, 0.3) is 0 Å². The van der Waals surface area contributed by atoms with E-state index < -0.39 is 0 Å². The number of thioether (sulfide) groups is 1. The minimum absolute atomic E-state index is 0.112. The maximum absolute atomic E-state index is 12.7. The van der Waals surface area contributed by atoms with Gasteiger partial charge < -0.3 is 10.1 Å². The molecule has 3 aromatic rings. The molecule has 1 N–H and O–H groups in total. The van der Waals surface area contributed by atoms with Gasteiger partial charge >= 0.3 is 0 Å². The fourth-order valence-corrected chi connectivity index (χ4v) is 4.60. The van der Waals surface area contributed by atoms with E-state index in [4.69, 9.17) is 4.74 Å². The Morgan fingerprint density at radius 1 is 0.968 bits per heavy atom. The maximum atomic E-state index is 12.7. The lowest BCUT2D eigenvalue weighted by Crippen LogP contribution is -2.31. The first kappa shape index (κ1) is 21.5. The van der Waals surface area contributed by atoms with Crippen LogP contribution in [-0.4, -0.2) is 35.4 Å². The van der Waals surface area contributed by atoms with Crippen molar-refractivity contribution in [3.05, 3.63) is 95.1 Å². The third kappa shape index (κ3) is 6.12. The van der Waals surface area contributed by atoms with E-state index in [-0.39, 0.29) is 5.91 Å². The van der Waals surface area contributed by atoms with Gasteiger partial charge in [-0.3, -0.25) is 9.69 Å². The number of nitrogens with one attached hydrogen (secondary N) is 1. The highest BCUT2D eigenvalue weighted by molar-refractivity contribution is 7.99. The van der Waals surface area contributed by atoms with Gasteiger partial charge in [-0.2, -0.15) is 11.8 Å². The van der Waals surface area contributed by atoms with E-state index in [1.165, 1.54) is 17.1 Å². The maximum Gasteiger partial charge on any atom is 0.255 e. The van der Waals surface area contributed by atoms with Gasteiger partial charge in [0.2, 0.25) is 0 Å². The van der Waals surface area contributed by atoms with Crippen molar-refractivity contribution in [1.29, 1.82) is 0 Å². The molecule has 1 amide bonds. The molecular weight excluding hydrogens is 404 g/mol. The van der Waals surface area contributed by atoms with Crippen LogP contribution in [0.2, 0.25) is 0 Å². The number of ether oxygens (including phenoxy) is 1. The second kappa shape index (κ2) is 10.5. The fourth-order valence-electron chi connectivity index (χ4n) is 3.62. The number of nitrogens with zero attached hydrogens (tertiary/aromatic N) is 1. The van der Waals surface area contributed by atoms with Crippen LogP contribution in [0.4, 0.5) is 5.69 Å². The fraction of sp³-hybridized carbons (Fsp3) is 0.269. The summed E-state index contributed by atoms with van der Waals surface area (Å²) in [6, 6.07) is 23.6. The molecule has 0 radical (unpaired) electrons. The van der Waals surface area contributed by atoms with Gasteiger partial charge in [0.05, 0.1) is 0 Å². The number of hydrogen-bond donors (Lipinski definition) is 1. The number of benzene rings is 3. The Bertz CT molecular complexity index is 1000. The zero-order valence-corrected chi connectivity index (χ0v) is 18.7. The number of aryl methyl sites for hydroxylation is 1. The summed E-state index contributed by atoms with van der Waals surface area (Å²) in [6.07, 6.45) is 0. The van der Waals surface area contributed by atoms with E-state index in [9.17, 15) is 4.79 Å². The van der Waals surface area contributed by atoms with E-state index in [0.717, 1.165) is 42.2 Å². The molecule has 0 atom stereocenters. The number of carbonyl (C=O) groups excluding carboxylic acids is 1. The summed E-state index contributed by atoms with van der Waals surface area (Å²) in [4.78, 5) is 15.2. The average molecular weight is 433 g/mol. The summed E-state index contributed by atoms with van der Waals surface area (Å²) < 4.78 is 5.80. The summed E-state index contributed by atoms with van der Waals surface area (Å²) in [5.41, 5.74) is 4.96. The standard InChI is InChI=1S/C26H28N2O2S/c1-20-17-22(18-28-13-15-31-16-14-28)7-12-25(20)27-26(29)23-8-10-24(11-9-23)30-19-21-5-3-2-4-6-21/h2-12,17H,13-16,18-19H2,1H3,(H,27,29). The molecular formula is C26H28N2O2S. The predicted molar refractivity (Wildman–Crippen MR) is 129 cm³/mol. The highest BCUT2D eigenvalue weighted by Crippen LogP contribution is 2.21. The van der Waals surface area contributed by atoms with Crippen LogP contribution < -0.4 is 10.1 Å². The van der Waals surface area contributed by atoms with Gasteiger partial charge in [-0.15, -0.1) is 0 Å². The molecule has 3 aromatic carbocycles. The van der Waals surface area contributed by atoms with Crippen LogP contribution in [0, 0.1) is 6.92 Å². The van der Waals surface area contributed by atoms with Gasteiger partial charge in [0.25, 0.3) is 5.91 Å². The van der Waals surface area contributed by atoms with Crippen molar-refractivity contribution in [3.63, 3.8) is 0 Å². The Hall–Kier alpha value is -2.76. The molecule has 1 fully saturated rings. The molecule has 0 bridgehead atoms. The highest BCUT2D eigenvalue weighted by Gasteiger charge is 2.12. The topological polar surface area (TPSA) is 41.6 Å². The van der Waals surface area contributed by atoms with Crippen LogP contribution in [-0.2, 0) is 13.2 Å². The second-order valence-corrected chi connectivity index (χ2v) is 9.02. The van der Waals surface area contributed by atoms with Crippen molar-refractivity contribution in [3.8, 4) is 5.75 Å². The molecule has 0 spiro atoms. The van der Waals surface area contributed by atoms with Crippen LogP contribution in [0.5, 0.6) is 5.75 Å². The number of hydrogen-bond acceptors (Lipinski definition) is 4. The lowest BCUT2D eigenvalue weighted by molar-refractivity contribution is 0.102. The summed E-state index contributed by atoms with van der Waals surface area (Å²) in [6.45, 7) is 5.82. The normalized spacial score (nSPS) is 14.2. The molecule has 1 heterocycles. The number of anilines is 1. The Kier molecular flexibility index (Phi) is 7.28. The van der Waals surface area contributed by atoms with Gasteiger partial charge in [-0.05, 0) is 53.9 Å². The van der Waals surface area contributed by atoms with Crippen LogP contribution in [0.15, 0.2) is 72.8 Å². The Balaban J connectivity index is 1.33. The van der Waals surface area contributed by atoms with Gasteiger partial charge in [-0.1, -0.05) is 42.5 Å². The van der Waals surface area contributed by atoms with Crippen LogP contribution >= 0.6 is 11.8 Å². The monoisotopic (exact) mass is 432 g/mol. The van der Waals surface area contributed by atoms with E-state index in [0.29, 0.717) is 12.2 Å². The SMILES string of the molecule is Cc1cc(CN2CCSCC2)ccc1NC(=O)c1ccc(OCc2ccccc2)cc1. The summed E-state index contributed by atoms with van der Waals surface area (Å²) in [7, 11) is 0. The van der Waals surface area contributed by atoms with Crippen molar-refractivity contribution in [2.75, 3.05) is 29.9 Å². The molecule has 31 heavy (non-hydrogen) atoms. The van der Waals surface area contributed by atoms with Crippen LogP contribution in [0.3, 0.4) is 0 Å². The molecule has 160 valence electrons. The highest BCUT2D eigenvalue weighted by atomic mass is 32.2.